The van der Waals surface area contributed by atoms with E-state index in [1.54, 1.807) is 17.0 Å². The van der Waals surface area contributed by atoms with Crippen LogP contribution in [0, 0.1) is 11.8 Å². The van der Waals surface area contributed by atoms with Crippen molar-refractivity contribution < 1.29 is 27.1 Å². The molecule has 2 unspecified atom stereocenters. The summed E-state index contributed by atoms with van der Waals surface area (Å²) < 4.78 is 67.3. The van der Waals surface area contributed by atoms with Gasteiger partial charge in [0.15, 0.2) is 5.82 Å². The molecule has 0 bridgehead atoms. The minimum atomic E-state index is -4.60. The van der Waals surface area contributed by atoms with Gasteiger partial charge in [-0.1, -0.05) is 13.8 Å². The summed E-state index contributed by atoms with van der Waals surface area (Å²) in [5.41, 5.74) is -0.395. The predicted octanol–water partition coefficient (Wildman–Crippen LogP) is 5.14. The number of phenolic OH excluding ortho intramolecular Hbond substituents is 1. The summed E-state index contributed by atoms with van der Waals surface area (Å²) in [5.74, 6) is -4.90. The van der Waals surface area contributed by atoms with Crippen LogP contribution in [0.25, 0.3) is 22.2 Å². The summed E-state index contributed by atoms with van der Waals surface area (Å²) in [4.78, 5) is 6.02. The van der Waals surface area contributed by atoms with Gasteiger partial charge in [-0.3, -0.25) is 4.98 Å². The Balaban J connectivity index is 1.80. The first-order chi connectivity index (χ1) is 14.5. The fourth-order valence-electron chi connectivity index (χ4n) is 3.93. The highest BCUT2D eigenvalue weighted by Crippen LogP contribution is 2.41. The Bertz CT molecular complexity index is 1120. The minimum absolute atomic E-state index is 0.0581. The standard InChI is InChI=1S/C21H19F5N4O/c1-11-9-30(10-12(2)20(11,22)23)19-18-15(4-3-7-27-18)17(28-29-19)14-6-5-13(8-16(14)31)21(24,25)26/h3-8,11-12,31H,9-10H2,1-2H3. The SMILES string of the molecule is CC1CN(c2nnc(-c3ccc(C(F)(F)F)cc3O)c3cccnc23)CC(C)C1(F)F. The van der Waals surface area contributed by atoms with Crippen LogP contribution in [-0.4, -0.2) is 39.3 Å². The van der Waals surface area contributed by atoms with E-state index >= 15 is 0 Å². The van der Waals surface area contributed by atoms with Gasteiger partial charge in [0.2, 0.25) is 0 Å². The second-order valence-corrected chi connectivity index (χ2v) is 7.88. The molecule has 3 heterocycles. The van der Waals surface area contributed by atoms with Gasteiger partial charge < -0.3 is 10.0 Å². The molecule has 0 aliphatic carbocycles. The van der Waals surface area contributed by atoms with Crippen molar-refractivity contribution >= 4 is 16.7 Å². The molecule has 5 nitrogen and oxygen atoms in total. The molecule has 1 saturated heterocycles. The van der Waals surface area contributed by atoms with Crippen LogP contribution in [0.5, 0.6) is 5.75 Å². The van der Waals surface area contributed by atoms with Gasteiger partial charge in [-0.15, -0.1) is 10.2 Å². The van der Waals surface area contributed by atoms with Gasteiger partial charge in [-0.25, -0.2) is 8.78 Å². The molecule has 1 fully saturated rings. The molecule has 1 aliphatic rings. The molecule has 164 valence electrons. The third-order valence-electron chi connectivity index (χ3n) is 5.70. The number of anilines is 1. The zero-order valence-electron chi connectivity index (χ0n) is 16.7. The van der Waals surface area contributed by atoms with Gasteiger partial charge >= 0.3 is 6.18 Å². The molecule has 2 atom stereocenters. The van der Waals surface area contributed by atoms with Crippen LogP contribution >= 0.6 is 0 Å². The van der Waals surface area contributed by atoms with E-state index in [0.717, 1.165) is 12.1 Å². The zero-order chi connectivity index (χ0) is 22.6. The average Bonchev–Trinajstić information content (AvgIpc) is 2.71. The number of hydrogen-bond acceptors (Lipinski definition) is 5. The monoisotopic (exact) mass is 438 g/mol. The Kier molecular flexibility index (Phi) is 4.98. The largest absolute Gasteiger partial charge is 0.507 e. The quantitative estimate of drug-likeness (QED) is 0.561. The molecule has 1 aromatic carbocycles. The maximum atomic E-state index is 14.3. The zero-order valence-corrected chi connectivity index (χ0v) is 16.7. The first-order valence-corrected chi connectivity index (χ1v) is 9.65. The number of benzene rings is 1. The first-order valence-electron chi connectivity index (χ1n) is 9.65. The Morgan fingerprint density at radius 1 is 1.06 bits per heavy atom. The molecule has 0 radical (unpaired) electrons. The molecule has 0 amide bonds. The van der Waals surface area contributed by atoms with Crippen LogP contribution in [0.1, 0.15) is 19.4 Å². The molecular weight excluding hydrogens is 419 g/mol. The molecular formula is C21H19F5N4O. The highest BCUT2D eigenvalue weighted by atomic mass is 19.4. The van der Waals surface area contributed by atoms with Crippen molar-refractivity contribution in [2.45, 2.75) is 25.9 Å². The Hall–Kier alpha value is -3.04. The van der Waals surface area contributed by atoms with Gasteiger partial charge in [0, 0.05) is 42.1 Å². The highest BCUT2D eigenvalue weighted by Gasteiger charge is 2.47. The molecule has 31 heavy (non-hydrogen) atoms. The van der Waals surface area contributed by atoms with Crippen LogP contribution < -0.4 is 4.90 Å². The normalized spacial score (nSPS) is 21.5. The third kappa shape index (κ3) is 3.64. The van der Waals surface area contributed by atoms with E-state index in [1.165, 1.54) is 20.0 Å². The van der Waals surface area contributed by atoms with Gasteiger partial charge in [0.05, 0.1) is 5.56 Å². The van der Waals surface area contributed by atoms with Crippen LogP contribution in [0.15, 0.2) is 36.5 Å². The summed E-state index contributed by atoms with van der Waals surface area (Å²) in [6.07, 6.45) is -3.09. The minimum Gasteiger partial charge on any atom is -0.507 e. The Labute approximate surface area is 174 Å². The fraction of sp³-hybridized carbons (Fsp3) is 0.381. The smallest absolute Gasteiger partial charge is 0.416 e. The Morgan fingerprint density at radius 3 is 2.35 bits per heavy atom. The second kappa shape index (κ2) is 7.28. The fourth-order valence-corrected chi connectivity index (χ4v) is 3.93. The molecule has 4 rings (SSSR count). The second-order valence-electron chi connectivity index (χ2n) is 7.88. The molecule has 1 N–H and O–H groups in total. The number of aromatic hydroxyl groups is 1. The lowest BCUT2D eigenvalue weighted by molar-refractivity contribution is -0.137. The first kappa shape index (κ1) is 21.2. The van der Waals surface area contributed by atoms with Gasteiger partial charge in [-0.05, 0) is 30.3 Å². The van der Waals surface area contributed by atoms with Crippen molar-refractivity contribution in [2.75, 3.05) is 18.0 Å². The molecule has 1 aliphatic heterocycles. The number of halogens is 5. The van der Waals surface area contributed by atoms with Gasteiger partial charge in [0.25, 0.3) is 5.92 Å². The number of pyridine rings is 1. The third-order valence-corrected chi connectivity index (χ3v) is 5.70. The van der Waals surface area contributed by atoms with Crippen molar-refractivity contribution in [3.05, 3.63) is 42.1 Å². The summed E-state index contributed by atoms with van der Waals surface area (Å²) in [6, 6.07) is 5.87. The Morgan fingerprint density at radius 2 is 1.74 bits per heavy atom. The van der Waals surface area contributed by atoms with Gasteiger partial charge in [-0.2, -0.15) is 13.2 Å². The van der Waals surface area contributed by atoms with Crippen molar-refractivity contribution in [2.24, 2.45) is 11.8 Å². The maximum Gasteiger partial charge on any atom is 0.416 e. The average molecular weight is 438 g/mol. The van der Waals surface area contributed by atoms with Crippen molar-refractivity contribution in [1.82, 2.24) is 15.2 Å². The van der Waals surface area contributed by atoms with E-state index in [9.17, 15) is 27.1 Å². The summed E-state index contributed by atoms with van der Waals surface area (Å²) in [6.45, 7) is 3.06. The number of hydrogen-bond donors (Lipinski definition) is 1. The van der Waals surface area contributed by atoms with Crippen LogP contribution in [-0.2, 0) is 6.18 Å². The van der Waals surface area contributed by atoms with Crippen molar-refractivity contribution in [3.8, 4) is 17.0 Å². The van der Waals surface area contributed by atoms with Crippen molar-refractivity contribution in [3.63, 3.8) is 0 Å². The lowest BCUT2D eigenvalue weighted by Gasteiger charge is -2.41. The van der Waals surface area contributed by atoms with Crippen LogP contribution in [0.3, 0.4) is 0 Å². The number of piperidine rings is 1. The molecule has 2 aromatic heterocycles. The van der Waals surface area contributed by atoms with E-state index < -0.39 is 35.2 Å². The summed E-state index contributed by atoms with van der Waals surface area (Å²) in [7, 11) is 0. The topological polar surface area (TPSA) is 62.1 Å². The number of aromatic nitrogens is 3. The molecule has 0 spiro atoms. The maximum absolute atomic E-state index is 14.3. The van der Waals surface area contributed by atoms with E-state index in [0.29, 0.717) is 22.8 Å². The summed E-state index contributed by atoms with van der Waals surface area (Å²) >= 11 is 0. The summed E-state index contributed by atoms with van der Waals surface area (Å²) in [5, 5.41) is 19.0. The molecule has 3 aromatic rings. The lowest BCUT2D eigenvalue weighted by Crippen LogP contribution is -2.52. The van der Waals surface area contributed by atoms with Crippen LogP contribution in [0.4, 0.5) is 27.8 Å². The van der Waals surface area contributed by atoms with E-state index in [2.05, 4.69) is 15.2 Å². The lowest BCUT2D eigenvalue weighted by atomic mass is 9.87. The van der Waals surface area contributed by atoms with E-state index in [1.807, 2.05) is 0 Å². The van der Waals surface area contributed by atoms with Crippen LogP contribution in [0.2, 0.25) is 0 Å². The van der Waals surface area contributed by atoms with Crippen molar-refractivity contribution in [1.29, 1.82) is 0 Å². The number of fused-ring (bicyclic) bond motifs is 1. The molecule has 0 saturated carbocycles. The number of nitrogens with zero attached hydrogens (tertiary/aromatic N) is 4. The highest BCUT2D eigenvalue weighted by molar-refractivity contribution is 5.98. The van der Waals surface area contributed by atoms with E-state index in [4.69, 9.17) is 0 Å². The van der Waals surface area contributed by atoms with Gasteiger partial charge in [0.1, 0.15) is 17.0 Å². The van der Waals surface area contributed by atoms with E-state index in [-0.39, 0.29) is 24.3 Å². The number of rotatable bonds is 2. The number of alkyl halides is 5. The predicted molar refractivity (Wildman–Crippen MR) is 105 cm³/mol. The molecule has 10 heteroatoms. The number of phenols is 1.